The lowest BCUT2D eigenvalue weighted by atomic mass is 9.90. The molecule has 1 aliphatic rings. The van der Waals surface area contributed by atoms with E-state index in [1.54, 1.807) is 0 Å². The van der Waals surface area contributed by atoms with Crippen molar-refractivity contribution in [3.8, 4) is 0 Å². The van der Waals surface area contributed by atoms with Gasteiger partial charge in [-0.1, -0.05) is 62.3 Å². The van der Waals surface area contributed by atoms with Crippen LogP contribution in [0.25, 0.3) is 0 Å². The second-order valence-corrected chi connectivity index (χ2v) is 6.79. The minimum atomic E-state index is 0.554. The standard InChI is InChI=1S/C18H28ClN/c1-14-9-10-16(18(19)11-14)13-17(20-2)12-15-7-5-3-4-6-8-15/h9-11,15,17,20H,3-8,12-13H2,1-2H3. The zero-order valence-corrected chi connectivity index (χ0v) is 13.7. The maximum Gasteiger partial charge on any atom is 0.0441 e. The van der Waals surface area contributed by atoms with Crippen LogP contribution in [-0.2, 0) is 6.42 Å². The van der Waals surface area contributed by atoms with Crippen LogP contribution in [0.2, 0.25) is 5.02 Å². The Morgan fingerprint density at radius 3 is 2.50 bits per heavy atom. The maximum absolute atomic E-state index is 6.37. The van der Waals surface area contributed by atoms with Gasteiger partial charge >= 0.3 is 0 Å². The first kappa shape index (κ1) is 15.9. The summed E-state index contributed by atoms with van der Waals surface area (Å²) >= 11 is 6.37. The quantitative estimate of drug-likeness (QED) is 0.741. The number of hydrogen-bond donors (Lipinski definition) is 1. The first-order chi connectivity index (χ1) is 9.69. The van der Waals surface area contributed by atoms with Gasteiger partial charge in [0.25, 0.3) is 0 Å². The van der Waals surface area contributed by atoms with E-state index in [9.17, 15) is 0 Å². The molecule has 0 aliphatic heterocycles. The molecule has 0 aromatic heterocycles. The molecule has 1 N–H and O–H groups in total. The van der Waals surface area contributed by atoms with E-state index in [1.165, 1.54) is 56.1 Å². The van der Waals surface area contributed by atoms with E-state index in [0.29, 0.717) is 6.04 Å². The number of hydrogen-bond acceptors (Lipinski definition) is 1. The Balaban J connectivity index is 1.93. The molecule has 1 fully saturated rings. The van der Waals surface area contributed by atoms with Crippen LogP contribution in [0.1, 0.15) is 56.1 Å². The minimum Gasteiger partial charge on any atom is -0.317 e. The second kappa shape index (κ2) is 8.05. The highest BCUT2D eigenvalue weighted by molar-refractivity contribution is 6.31. The van der Waals surface area contributed by atoms with Crippen molar-refractivity contribution in [1.29, 1.82) is 0 Å². The summed E-state index contributed by atoms with van der Waals surface area (Å²) in [5.41, 5.74) is 2.52. The van der Waals surface area contributed by atoms with Gasteiger partial charge in [0, 0.05) is 11.1 Å². The molecule has 1 nitrogen and oxygen atoms in total. The third-order valence-electron chi connectivity index (χ3n) is 4.68. The summed E-state index contributed by atoms with van der Waals surface area (Å²) in [4.78, 5) is 0. The fourth-order valence-corrected chi connectivity index (χ4v) is 3.70. The molecule has 0 bridgehead atoms. The van der Waals surface area contributed by atoms with Crippen molar-refractivity contribution in [1.82, 2.24) is 5.32 Å². The first-order valence-electron chi connectivity index (χ1n) is 8.11. The Kier molecular flexibility index (Phi) is 6.38. The third-order valence-corrected chi connectivity index (χ3v) is 5.03. The molecule has 2 heteroatoms. The second-order valence-electron chi connectivity index (χ2n) is 6.38. The Hall–Kier alpha value is -0.530. The summed E-state index contributed by atoms with van der Waals surface area (Å²) in [6.07, 6.45) is 10.9. The number of benzene rings is 1. The lowest BCUT2D eigenvalue weighted by molar-refractivity contribution is 0.361. The van der Waals surface area contributed by atoms with Crippen LogP contribution in [0.5, 0.6) is 0 Å². The number of aryl methyl sites for hydroxylation is 1. The lowest BCUT2D eigenvalue weighted by Crippen LogP contribution is -2.30. The average molecular weight is 294 g/mol. The molecule has 1 saturated carbocycles. The van der Waals surface area contributed by atoms with E-state index in [-0.39, 0.29) is 0 Å². The minimum absolute atomic E-state index is 0.554. The Morgan fingerprint density at radius 2 is 1.90 bits per heavy atom. The smallest absolute Gasteiger partial charge is 0.0441 e. The monoisotopic (exact) mass is 293 g/mol. The molecule has 2 rings (SSSR count). The normalized spacial score (nSPS) is 18.8. The molecule has 1 aromatic rings. The van der Waals surface area contributed by atoms with Crippen LogP contribution in [0, 0.1) is 12.8 Å². The van der Waals surface area contributed by atoms with Crippen LogP contribution in [-0.4, -0.2) is 13.1 Å². The van der Waals surface area contributed by atoms with E-state index >= 15 is 0 Å². The molecule has 0 spiro atoms. The van der Waals surface area contributed by atoms with Crippen molar-refractivity contribution in [2.45, 2.75) is 64.3 Å². The van der Waals surface area contributed by atoms with Gasteiger partial charge in [0.05, 0.1) is 0 Å². The van der Waals surface area contributed by atoms with Gasteiger partial charge in [-0.2, -0.15) is 0 Å². The molecule has 0 radical (unpaired) electrons. The van der Waals surface area contributed by atoms with E-state index in [0.717, 1.165) is 17.4 Å². The Bertz CT molecular complexity index is 408. The van der Waals surface area contributed by atoms with Crippen LogP contribution >= 0.6 is 11.6 Å². The number of rotatable bonds is 5. The predicted octanol–water partition coefficient (Wildman–Crippen LogP) is 5.14. The van der Waals surface area contributed by atoms with Crippen LogP contribution in [0.3, 0.4) is 0 Å². The molecule has 1 aromatic carbocycles. The van der Waals surface area contributed by atoms with Gasteiger partial charge in [0.15, 0.2) is 0 Å². The Morgan fingerprint density at radius 1 is 1.20 bits per heavy atom. The van der Waals surface area contributed by atoms with Crippen LogP contribution < -0.4 is 5.32 Å². The van der Waals surface area contributed by atoms with Crippen molar-refractivity contribution >= 4 is 11.6 Å². The van der Waals surface area contributed by atoms with Crippen molar-refractivity contribution in [3.63, 3.8) is 0 Å². The zero-order chi connectivity index (χ0) is 14.4. The van der Waals surface area contributed by atoms with Crippen molar-refractivity contribution < 1.29 is 0 Å². The fourth-order valence-electron chi connectivity index (χ4n) is 3.39. The topological polar surface area (TPSA) is 12.0 Å². The molecule has 1 unspecified atom stereocenters. The molecular formula is C18H28ClN. The predicted molar refractivity (Wildman–Crippen MR) is 88.5 cm³/mol. The molecule has 0 saturated heterocycles. The molecule has 112 valence electrons. The highest BCUT2D eigenvalue weighted by Gasteiger charge is 2.18. The summed E-state index contributed by atoms with van der Waals surface area (Å²) in [7, 11) is 2.09. The SMILES string of the molecule is CNC(Cc1ccc(C)cc1Cl)CC1CCCCCC1. The van der Waals surface area contributed by atoms with Gasteiger partial charge in [-0.15, -0.1) is 0 Å². The summed E-state index contributed by atoms with van der Waals surface area (Å²) in [6.45, 7) is 2.09. The lowest BCUT2D eigenvalue weighted by Gasteiger charge is -2.23. The zero-order valence-electron chi connectivity index (χ0n) is 12.9. The molecule has 1 aliphatic carbocycles. The molecular weight excluding hydrogens is 266 g/mol. The number of likely N-dealkylation sites (N-methyl/N-ethyl adjacent to an activating group) is 1. The van der Waals surface area contributed by atoms with Gasteiger partial charge in [0.2, 0.25) is 0 Å². The maximum atomic E-state index is 6.37. The van der Waals surface area contributed by atoms with Crippen molar-refractivity contribution in [2.75, 3.05) is 7.05 Å². The van der Waals surface area contributed by atoms with Crippen LogP contribution in [0.15, 0.2) is 18.2 Å². The molecule has 20 heavy (non-hydrogen) atoms. The van der Waals surface area contributed by atoms with E-state index in [4.69, 9.17) is 11.6 Å². The van der Waals surface area contributed by atoms with E-state index < -0.39 is 0 Å². The van der Waals surface area contributed by atoms with Crippen molar-refractivity contribution in [2.24, 2.45) is 5.92 Å². The van der Waals surface area contributed by atoms with E-state index in [1.807, 2.05) is 0 Å². The van der Waals surface area contributed by atoms with Gasteiger partial charge in [0.1, 0.15) is 0 Å². The first-order valence-corrected chi connectivity index (χ1v) is 8.49. The Labute approximate surface area is 129 Å². The summed E-state index contributed by atoms with van der Waals surface area (Å²) in [5, 5.41) is 4.42. The number of nitrogens with one attached hydrogen (secondary N) is 1. The van der Waals surface area contributed by atoms with Gasteiger partial charge in [-0.3, -0.25) is 0 Å². The van der Waals surface area contributed by atoms with Crippen LogP contribution in [0.4, 0.5) is 0 Å². The highest BCUT2D eigenvalue weighted by atomic mass is 35.5. The summed E-state index contributed by atoms with van der Waals surface area (Å²) < 4.78 is 0. The summed E-state index contributed by atoms with van der Waals surface area (Å²) in [5.74, 6) is 0.902. The largest absolute Gasteiger partial charge is 0.317 e. The van der Waals surface area contributed by atoms with Gasteiger partial charge in [-0.05, 0) is 49.9 Å². The fraction of sp³-hybridized carbons (Fsp3) is 0.667. The molecule has 0 heterocycles. The molecule has 1 atom stereocenters. The highest BCUT2D eigenvalue weighted by Crippen LogP contribution is 2.28. The van der Waals surface area contributed by atoms with Gasteiger partial charge < -0.3 is 5.32 Å². The average Bonchev–Trinajstić information content (AvgIpc) is 2.69. The van der Waals surface area contributed by atoms with Crippen molar-refractivity contribution in [3.05, 3.63) is 34.3 Å². The number of halogens is 1. The van der Waals surface area contributed by atoms with E-state index in [2.05, 4.69) is 37.5 Å². The summed E-state index contributed by atoms with van der Waals surface area (Å²) in [6, 6.07) is 6.99. The molecule has 0 amide bonds. The van der Waals surface area contributed by atoms with Gasteiger partial charge in [-0.25, -0.2) is 0 Å². The third kappa shape index (κ3) is 4.79.